The SMILES string of the molecule is Cc1[nH]c(=S)sc1CC(=O)NCCC[C@H]1CCCC[C@H]1O. The molecule has 1 aliphatic carbocycles. The highest BCUT2D eigenvalue weighted by Gasteiger charge is 2.22. The van der Waals surface area contributed by atoms with E-state index in [1.54, 1.807) is 0 Å². The fraction of sp³-hybridized carbons (Fsp3) is 0.733. The highest BCUT2D eigenvalue weighted by atomic mass is 32.1. The molecule has 0 aromatic carbocycles. The van der Waals surface area contributed by atoms with E-state index >= 15 is 0 Å². The molecule has 1 fully saturated rings. The predicted octanol–water partition coefficient (Wildman–Crippen LogP) is 3.10. The van der Waals surface area contributed by atoms with E-state index in [1.165, 1.54) is 17.8 Å². The summed E-state index contributed by atoms with van der Waals surface area (Å²) in [6.45, 7) is 2.64. The number of hydrogen-bond acceptors (Lipinski definition) is 4. The van der Waals surface area contributed by atoms with Crippen molar-refractivity contribution in [3.8, 4) is 0 Å². The van der Waals surface area contributed by atoms with Crippen molar-refractivity contribution in [1.82, 2.24) is 10.3 Å². The Balaban J connectivity index is 1.65. The first-order chi connectivity index (χ1) is 10.1. The normalized spacial score (nSPS) is 22.2. The molecule has 1 aliphatic rings. The van der Waals surface area contributed by atoms with Crippen LogP contribution in [0.15, 0.2) is 0 Å². The van der Waals surface area contributed by atoms with E-state index in [0.717, 1.165) is 46.6 Å². The molecule has 2 rings (SSSR count). The number of aromatic amines is 1. The van der Waals surface area contributed by atoms with Gasteiger partial charge in [-0.15, -0.1) is 11.3 Å². The molecule has 1 amide bonds. The second-order valence-electron chi connectivity index (χ2n) is 5.84. The number of carbonyl (C=O) groups excluding carboxylic acids is 1. The van der Waals surface area contributed by atoms with Crippen LogP contribution in [0, 0.1) is 16.8 Å². The van der Waals surface area contributed by atoms with Crippen molar-refractivity contribution in [2.45, 2.75) is 58.0 Å². The molecular formula is C15H24N2O2S2. The van der Waals surface area contributed by atoms with Crippen LogP contribution in [0.1, 0.15) is 49.1 Å². The number of aliphatic hydroxyl groups excluding tert-OH is 1. The molecule has 0 radical (unpaired) electrons. The summed E-state index contributed by atoms with van der Waals surface area (Å²) in [5, 5.41) is 12.9. The van der Waals surface area contributed by atoms with Crippen molar-refractivity contribution >= 4 is 29.5 Å². The molecule has 0 unspecified atom stereocenters. The smallest absolute Gasteiger partial charge is 0.225 e. The number of rotatable bonds is 6. The van der Waals surface area contributed by atoms with Gasteiger partial charge in [0.25, 0.3) is 0 Å². The minimum Gasteiger partial charge on any atom is -0.393 e. The Morgan fingerprint density at radius 2 is 2.24 bits per heavy atom. The number of amides is 1. The number of carbonyl (C=O) groups is 1. The van der Waals surface area contributed by atoms with Gasteiger partial charge < -0.3 is 15.4 Å². The van der Waals surface area contributed by atoms with Gasteiger partial charge in [0.15, 0.2) is 3.95 Å². The molecule has 21 heavy (non-hydrogen) atoms. The first-order valence-electron chi connectivity index (χ1n) is 7.69. The lowest BCUT2D eigenvalue weighted by molar-refractivity contribution is -0.120. The Morgan fingerprint density at radius 1 is 1.48 bits per heavy atom. The standard InChI is InChI=1S/C15H24N2O2S2/c1-10-13(21-15(20)17-10)9-14(19)16-8-4-6-11-5-2-3-7-12(11)18/h11-12,18H,2-9H2,1H3,(H,16,19)(H,17,20)/t11-,12-/m1/s1. The molecule has 0 saturated heterocycles. The van der Waals surface area contributed by atoms with Crippen LogP contribution < -0.4 is 5.32 Å². The van der Waals surface area contributed by atoms with Crippen molar-refractivity contribution in [3.63, 3.8) is 0 Å². The van der Waals surface area contributed by atoms with Gasteiger partial charge in [-0.1, -0.05) is 12.8 Å². The monoisotopic (exact) mass is 328 g/mol. The molecule has 1 heterocycles. The van der Waals surface area contributed by atoms with E-state index < -0.39 is 0 Å². The Bertz CT molecular complexity index is 524. The van der Waals surface area contributed by atoms with Crippen molar-refractivity contribution in [2.75, 3.05) is 6.54 Å². The summed E-state index contributed by atoms with van der Waals surface area (Å²) in [5.74, 6) is 0.472. The average Bonchev–Trinajstić information content (AvgIpc) is 2.75. The summed E-state index contributed by atoms with van der Waals surface area (Å²) in [5.41, 5.74) is 0.991. The third kappa shape index (κ3) is 5.20. The van der Waals surface area contributed by atoms with Crippen LogP contribution in [-0.4, -0.2) is 28.6 Å². The van der Waals surface area contributed by atoms with Crippen molar-refractivity contribution in [1.29, 1.82) is 0 Å². The summed E-state index contributed by atoms with van der Waals surface area (Å²) < 4.78 is 0.724. The van der Waals surface area contributed by atoms with Gasteiger partial charge in [-0.2, -0.15) is 0 Å². The van der Waals surface area contributed by atoms with Gasteiger partial charge in [-0.3, -0.25) is 4.79 Å². The lowest BCUT2D eigenvalue weighted by Gasteiger charge is -2.27. The second kappa shape index (κ2) is 8.06. The first-order valence-corrected chi connectivity index (χ1v) is 8.92. The zero-order valence-electron chi connectivity index (χ0n) is 12.5. The molecule has 118 valence electrons. The fourth-order valence-corrected chi connectivity index (χ4v) is 4.22. The van der Waals surface area contributed by atoms with Crippen LogP contribution in [0.25, 0.3) is 0 Å². The third-order valence-electron chi connectivity index (χ3n) is 4.19. The predicted molar refractivity (Wildman–Crippen MR) is 88.2 cm³/mol. The lowest BCUT2D eigenvalue weighted by atomic mass is 9.83. The zero-order valence-corrected chi connectivity index (χ0v) is 14.1. The van der Waals surface area contributed by atoms with Gasteiger partial charge in [0, 0.05) is 17.1 Å². The second-order valence-corrected chi connectivity index (χ2v) is 7.62. The largest absolute Gasteiger partial charge is 0.393 e. The first kappa shape index (κ1) is 16.6. The number of hydrogen-bond donors (Lipinski definition) is 3. The molecule has 1 aromatic rings. The van der Waals surface area contributed by atoms with Crippen LogP contribution in [0.2, 0.25) is 0 Å². The molecule has 6 heteroatoms. The number of aliphatic hydroxyl groups is 1. The van der Waals surface area contributed by atoms with Crippen LogP contribution in [0.5, 0.6) is 0 Å². The highest BCUT2D eigenvalue weighted by Crippen LogP contribution is 2.27. The van der Waals surface area contributed by atoms with Crippen molar-refractivity contribution in [2.24, 2.45) is 5.92 Å². The molecule has 1 saturated carbocycles. The molecule has 0 spiro atoms. The fourth-order valence-electron chi connectivity index (χ4n) is 2.93. The minimum atomic E-state index is -0.135. The lowest BCUT2D eigenvalue weighted by Crippen LogP contribution is -2.28. The zero-order chi connectivity index (χ0) is 15.2. The van der Waals surface area contributed by atoms with Gasteiger partial charge in [-0.25, -0.2) is 0 Å². The molecule has 4 nitrogen and oxygen atoms in total. The third-order valence-corrected chi connectivity index (χ3v) is 5.52. The molecule has 0 bridgehead atoms. The number of thiazole rings is 1. The molecule has 1 aromatic heterocycles. The summed E-state index contributed by atoms with van der Waals surface area (Å²) in [7, 11) is 0. The van der Waals surface area contributed by atoms with Gasteiger partial charge in [0.1, 0.15) is 0 Å². The number of nitrogens with one attached hydrogen (secondary N) is 2. The molecule has 3 N–H and O–H groups in total. The Morgan fingerprint density at radius 3 is 2.90 bits per heavy atom. The minimum absolute atomic E-state index is 0.0487. The summed E-state index contributed by atoms with van der Waals surface area (Å²) >= 11 is 6.54. The average molecular weight is 329 g/mol. The molecule has 2 atom stereocenters. The van der Waals surface area contributed by atoms with E-state index in [0.29, 0.717) is 18.9 Å². The summed E-state index contributed by atoms with van der Waals surface area (Å²) in [6, 6.07) is 0. The number of aryl methyl sites for hydroxylation is 1. The number of aromatic nitrogens is 1. The van der Waals surface area contributed by atoms with E-state index in [1.807, 2.05) is 6.92 Å². The van der Waals surface area contributed by atoms with Crippen LogP contribution in [0.3, 0.4) is 0 Å². The topological polar surface area (TPSA) is 65.1 Å². The Labute approximate surface area is 135 Å². The Hall–Kier alpha value is -0.720. The van der Waals surface area contributed by atoms with E-state index in [4.69, 9.17) is 12.2 Å². The number of H-pyrrole nitrogens is 1. The molecule has 0 aliphatic heterocycles. The van der Waals surface area contributed by atoms with Gasteiger partial charge in [-0.05, 0) is 50.7 Å². The van der Waals surface area contributed by atoms with Gasteiger partial charge in [0.05, 0.1) is 12.5 Å². The van der Waals surface area contributed by atoms with Crippen LogP contribution in [-0.2, 0) is 11.2 Å². The summed E-state index contributed by atoms with van der Waals surface area (Å²) in [6.07, 6.45) is 6.65. The summed E-state index contributed by atoms with van der Waals surface area (Å²) in [4.78, 5) is 16.0. The van der Waals surface area contributed by atoms with Gasteiger partial charge in [0.2, 0.25) is 5.91 Å². The Kier molecular flexibility index (Phi) is 6.39. The van der Waals surface area contributed by atoms with Crippen LogP contribution >= 0.6 is 23.6 Å². The van der Waals surface area contributed by atoms with E-state index in [-0.39, 0.29) is 12.0 Å². The van der Waals surface area contributed by atoms with Crippen LogP contribution in [0.4, 0.5) is 0 Å². The van der Waals surface area contributed by atoms with Crippen molar-refractivity contribution in [3.05, 3.63) is 14.5 Å². The quantitative estimate of drug-likeness (QED) is 0.555. The van der Waals surface area contributed by atoms with E-state index in [2.05, 4.69) is 10.3 Å². The maximum Gasteiger partial charge on any atom is 0.225 e. The maximum absolute atomic E-state index is 11.9. The van der Waals surface area contributed by atoms with Crippen molar-refractivity contribution < 1.29 is 9.90 Å². The van der Waals surface area contributed by atoms with E-state index in [9.17, 15) is 9.90 Å². The maximum atomic E-state index is 11.9. The van der Waals surface area contributed by atoms with Gasteiger partial charge >= 0.3 is 0 Å². The highest BCUT2D eigenvalue weighted by molar-refractivity contribution is 7.73. The molecular weight excluding hydrogens is 304 g/mol.